The lowest BCUT2D eigenvalue weighted by Crippen LogP contribution is -2.24. The highest BCUT2D eigenvalue weighted by molar-refractivity contribution is 6.32. The molecule has 0 aromatic heterocycles. The maximum atomic E-state index is 12.7. The highest BCUT2D eigenvalue weighted by atomic mass is 35.5. The van der Waals surface area contributed by atoms with E-state index in [2.05, 4.69) is 6.58 Å². The van der Waals surface area contributed by atoms with E-state index in [1.54, 1.807) is 23.1 Å². The van der Waals surface area contributed by atoms with Crippen molar-refractivity contribution in [3.63, 3.8) is 0 Å². The SMILES string of the molecule is C=C(N)c1cccc(N2C[C@@H](c3ccc(Cl)c(Oc4ccccc4Cl)c3)CC2=O)c1. The number of nitrogens with two attached hydrogens (primary N) is 1. The standard InChI is InChI=1S/C24H20Cl2N2O2/c1-15(27)16-5-4-6-19(11-16)28-14-18(13-24(28)29)17-9-10-21(26)23(12-17)30-22-8-3-2-7-20(22)25/h2-12,18H,1,13-14,27H2/t18-/m0/s1. The Morgan fingerprint density at radius 1 is 1.00 bits per heavy atom. The summed E-state index contributed by atoms with van der Waals surface area (Å²) in [5, 5.41) is 0.983. The normalized spacial score (nSPS) is 16.0. The van der Waals surface area contributed by atoms with Crippen LogP contribution < -0.4 is 15.4 Å². The largest absolute Gasteiger partial charge is 0.454 e. The van der Waals surface area contributed by atoms with E-state index in [9.17, 15) is 4.79 Å². The third-order valence-electron chi connectivity index (χ3n) is 5.14. The minimum atomic E-state index is 0.0214. The van der Waals surface area contributed by atoms with E-state index >= 15 is 0 Å². The van der Waals surface area contributed by atoms with Gasteiger partial charge in [-0.15, -0.1) is 0 Å². The molecule has 152 valence electrons. The Bertz CT molecular complexity index is 1130. The van der Waals surface area contributed by atoms with Gasteiger partial charge in [-0.25, -0.2) is 0 Å². The lowest BCUT2D eigenvalue weighted by atomic mass is 9.98. The zero-order valence-corrected chi connectivity index (χ0v) is 17.7. The van der Waals surface area contributed by atoms with Crippen molar-refractivity contribution in [2.75, 3.05) is 11.4 Å². The third-order valence-corrected chi connectivity index (χ3v) is 5.76. The number of benzene rings is 3. The molecule has 4 nitrogen and oxygen atoms in total. The summed E-state index contributed by atoms with van der Waals surface area (Å²) in [6.07, 6.45) is 0.404. The highest BCUT2D eigenvalue weighted by Gasteiger charge is 2.32. The zero-order valence-electron chi connectivity index (χ0n) is 16.1. The van der Waals surface area contributed by atoms with Gasteiger partial charge in [0.2, 0.25) is 5.91 Å². The van der Waals surface area contributed by atoms with Gasteiger partial charge in [-0.3, -0.25) is 4.79 Å². The number of rotatable bonds is 5. The molecule has 0 bridgehead atoms. The van der Waals surface area contributed by atoms with Gasteiger partial charge in [0.05, 0.1) is 10.0 Å². The van der Waals surface area contributed by atoms with Gasteiger partial charge in [0, 0.05) is 30.3 Å². The molecule has 0 spiro atoms. The van der Waals surface area contributed by atoms with Crippen LogP contribution in [0.15, 0.2) is 73.3 Å². The molecule has 1 saturated heterocycles. The van der Waals surface area contributed by atoms with Gasteiger partial charge in [0.15, 0.2) is 0 Å². The van der Waals surface area contributed by atoms with Gasteiger partial charge in [-0.05, 0) is 47.5 Å². The zero-order chi connectivity index (χ0) is 21.3. The van der Waals surface area contributed by atoms with E-state index in [0.717, 1.165) is 16.8 Å². The fraction of sp³-hybridized carbons (Fsp3) is 0.125. The first-order valence-corrected chi connectivity index (χ1v) is 10.2. The van der Waals surface area contributed by atoms with Crippen LogP contribution in [-0.2, 0) is 4.79 Å². The highest BCUT2D eigenvalue weighted by Crippen LogP contribution is 2.38. The Hall–Kier alpha value is -2.95. The van der Waals surface area contributed by atoms with Crippen LogP contribution in [0.5, 0.6) is 11.5 Å². The van der Waals surface area contributed by atoms with Gasteiger partial charge < -0.3 is 15.4 Å². The molecule has 1 aliphatic rings. The van der Waals surface area contributed by atoms with Gasteiger partial charge >= 0.3 is 0 Å². The molecule has 1 atom stereocenters. The number of nitrogens with zero attached hydrogens (tertiary/aromatic N) is 1. The number of amides is 1. The second kappa shape index (κ2) is 8.42. The van der Waals surface area contributed by atoms with Crippen LogP contribution >= 0.6 is 23.2 Å². The number of hydrogen-bond donors (Lipinski definition) is 1. The number of hydrogen-bond acceptors (Lipinski definition) is 3. The van der Waals surface area contributed by atoms with Crippen molar-refractivity contribution in [1.82, 2.24) is 0 Å². The predicted octanol–water partition coefficient (Wildman–Crippen LogP) is 6.24. The van der Waals surface area contributed by atoms with Crippen LogP contribution in [0.2, 0.25) is 10.0 Å². The van der Waals surface area contributed by atoms with Crippen molar-refractivity contribution in [1.29, 1.82) is 0 Å². The Kier molecular flexibility index (Phi) is 5.71. The summed E-state index contributed by atoms with van der Waals surface area (Å²) in [4.78, 5) is 14.5. The first-order valence-electron chi connectivity index (χ1n) is 9.49. The molecule has 0 radical (unpaired) electrons. The van der Waals surface area contributed by atoms with Gasteiger partial charge in [-0.2, -0.15) is 0 Å². The van der Waals surface area contributed by atoms with E-state index in [4.69, 9.17) is 33.7 Å². The molecule has 30 heavy (non-hydrogen) atoms. The van der Waals surface area contributed by atoms with Crippen molar-refractivity contribution in [2.45, 2.75) is 12.3 Å². The number of anilines is 1. The molecular weight excluding hydrogens is 419 g/mol. The van der Waals surface area contributed by atoms with Crippen molar-refractivity contribution >= 4 is 40.5 Å². The number of carbonyl (C=O) groups is 1. The molecular formula is C24H20Cl2N2O2. The summed E-state index contributed by atoms with van der Waals surface area (Å²) in [6.45, 7) is 4.33. The Labute approximate surface area is 185 Å². The first kappa shape index (κ1) is 20.3. The van der Waals surface area contributed by atoms with Crippen LogP contribution in [0.1, 0.15) is 23.5 Å². The lowest BCUT2D eigenvalue weighted by Gasteiger charge is -2.18. The second-order valence-corrected chi connectivity index (χ2v) is 8.02. The van der Waals surface area contributed by atoms with Crippen molar-refractivity contribution < 1.29 is 9.53 Å². The van der Waals surface area contributed by atoms with E-state index < -0.39 is 0 Å². The smallest absolute Gasteiger partial charge is 0.227 e. The molecule has 1 fully saturated rings. The summed E-state index contributed by atoms with van der Waals surface area (Å²) in [7, 11) is 0. The summed E-state index contributed by atoms with van der Waals surface area (Å²) in [5.74, 6) is 1.12. The van der Waals surface area contributed by atoms with Crippen molar-refractivity contribution in [3.05, 3.63) is 94.5 Å². The van der Waals surface area contributed by atoms with E-state index in [0.29, 0.717) is 40.2 Å². The molecule has 1 aliphatic heterocycles. The summed E-state index contributed by atoms with van der Waals surface area (Å²) < 4.78 is 5.93. The molecule has 3 aromatic rings. The summed E-state index contributed by atoms with van der Waals surface area (Å²) >= 11 is 12.5. The molecule has 0 unspecified atom stereocenters. The van der Waals surface area contributed by atoms with Crippen LogP contribution in [0.4, 0.5) is 5.69 Å². The molecule has 2 N–H and O–H groups in total. The maximum absolute atomic E-state index is 12.7. The van der Waals surface area contributed by atoms with Crippen molar-refractivity contribution in [3.8, 4) is 11.5 Å². The van der Waals surface area contributed by atoms with Crippen LogP contribution in [0.25, 0.3) is 5.70 Å². The molecule has 1 amide bonds. The lowest BCUT2D eigenvalue weighted by molar-refractivity contribution is -0.117. The molecule has 1 heterocycles. The monoisotopic (exact) mass is 438 g/mol. The second-order valence-electron chi connectivity index (χ2n) is 7.20. The fourth-order valence-electron chi connectivity index (χ4n) is 3.55. The van der Waals surface area contributed by atoms with Crippen LogP contribution in [0.3, 0.4) is 0 Å². The average Bonchev–Trinajstić information content (AvgIpc) is 3.13. The minimum Gasteiger partial charge on any atom is -0.454 e. The first-order chi connectivity index (χ1) is 14.4. The third kappa shape index (κ3) is 4.16. The Morgan fingerprint density at radius 2 is 1.77 bits per heavy atom. The van der Waals surface area contributed by atoms with Crippen LogP contribution in [-0.4, -0.2) is 12.5 Å². The van der Waals surface area contributed by atoms with Gasteiger partial charge in [0.1, 0.15) is 11.5 Å². The Balaban J connectivity index is 1.58. The molecule has 3 aromatic carbocycles. The van der Waals surface area contributed by atoms with Crippen LogP contribution in [0, 0.1) is 0 Å². The summed E-state index contributed by atoms with van der Waals surface area (Å²) in [5.41, 5.74) is 8.88. The fourth-order valence-corrected chi connectivity index (χ4v) is 3.88. The van der Waals surface area contributed by atoms with Gasteiger partial charge in [0.25, 0.3) is 0 Å². The topological polar surface area (TPSA) is 55.6 Å². The van der Waals surface area contributed by atoms with Crippen molar-refractivity contribution in [2.24, 2.45) is 5.73 Å². The molecule has 6 heteroatoms. The summed E-state index contributed by atoms with van der Waals surface area (Å²) in [6, 6.07) is 20.4. The van der Waals surface area contributed by atoms with E-state index in [-0.39, 0.29) is 11.8 Å². The minimum absolute atomic E-state index is 0.0214. The van der Waals surface area contributed by atoms with E-state index in [1.807, 2.05) is 48.5 Å². The number of halogens is 2. The Morgan fingerprint density at radius 3 is 2.53 bits per heavy atom. The molecule has 0 aliphatic carbocycles. The predicted molar refractivity (Wildman–Crippen MR) is 122 cm³/mol. The molecule has 4 rings (SSSR count). The number of ether oxygens (including phenoxy) is 1. The number of para-hydroxylation sites is 1. The average molecular weight is 439 g/mol. The van der Waals surface area contributed by atoms with Gasteiger partial charge in [-0.1, -0.05) is 60.1 Å². The number of carbonyl (C=O) groups excluding carboxylic acids is 1. The van der Waals surface area contributed by atoms with E-state index in [1.165, 1.54) is 0 Å². The quantitative estimate of drug-likeness (QED) is 0.512. The molecule has 0 saturated carbocycles. The maximum Gasteiger partial charge on any atom is 0.227 e.